The molecule has 0 aromatic heterocycles. The Morgan fingerprint density at radius 3 is 2.18 bits per heavy atom. The number of ether oxygens (including phenoxy) is 5. The number of nitriles is 1. The number of nitrogens with zero attached hydrogens (tertiary/aromatic N) is 1. The van der Waals surface area contributed by atoms with Crippen LogP contribution in [0.2, 0.25) is 0 Å². The smallest absolute Gasteiger partial charge is 0.175 e. The van der Waals surface area contributed by atoms with Crippen molar-refractivity contribution < 1.29 is 23.7 Å². The fourth-order valence-electron chi connectivity index (χ4n) is 3.25. The Balaban J connectivity index is 1.77. The number of allylic oxidation sites excluding steroid dienone is 1. The average Bonchev–Trinajstić information content (AvgIpc) is 2.86. The van der Waals surface area contributed by atoms with Gasteiger partial charge in [0.25, 0.3) is 0 Å². The zero-order chi connectivity index (χ0) is 24.5. The van der Waals surface area contributed by atoms with Crippen molar-refractivity contribution in [2.24, 2.45) is 0 Å². The molecule has 0 aliphatic heterocycles. The van der Waals surface area contributed by atoms with E-state index in [-0.39, 0.29) is 0 Å². The van der Waals surface area contributed by atoms with E-state index in [2.05, 4.69) is 22.0 Å². The summed E-state index contributed by atoms with van der Waals surface area (Å²) in [5.74, 6) is 3.05. The molecule has 0 radical (unpaired) electrons. The van der Waals surface area contributed by atoms with E-state index in [1.54, 1.807) is 39.5 Å². The van der Waals surface area contributed by atoms with Crippen LogP contribution in [-0.4, -0.2) is 34.5 Å². The molecule has 0 spiro atoms. The summed E-state index contributed by atoms with van der Waals surface area (Å²) in [5.41, 5.74) is 3.13. The highest BCUT2D eigenvalue weighted by molar-refractivity contribution is 9.10. The van der Waals surface area contributed by atoms with E-state index in [9.17, 15) is 5.26 Å². The van der Waals surface area contributed by atoms with Crippen LogP contribution in [-0.2, 0) is 0 Å². The molecular weight excluding hydrogens is 498 g/mol. The molecule has 0 atom stereocenters. The first-order chi connectivity index (χ1) is 16.5. The molecule has 0 saturated heterocycles. The second-order valence-corrected chi connectivity index (χ2v) is 8.14. The first-order valence-corrected chi connectivity index (χ1v) is 11.3. The summed E-state index contributed by atoms with van der Waals surface area (Å²) in [5, 5.41) is 9.76. The monoisotopic (exact) mass is 523 g/mol. The zero-order valence-corrected chi connectivity index (χ0v) is 21.1. The summed E-state index contributed by atoms with van der Waals surface area (Å²) in [6, 6.07) is 19.1. The van der Waals surface area contributed by atoms with Crippen LogP contribution in [0.1, 0.15) is 16.7 Å². The summed E-state index contributed by atoms with van der Waals surface area (Å²) < 4.78 is 28.5. The maximum Gasteiger partial charge on any atom is 0.175 e. The van der Waals surface area contributed by atoms with Crippen LogP contribution in [0.5, 0.6) is 28.7 Å². The normalized spacial score (nSPS) is 10.9. The molecule has 7 heteroatoms. The maximum atomic E-state index is 9.76. The van der Waals surface area contributed by atoms with Crippen molar-refractivity contribution in [2.75, 3.05) is 34.5 Å². The summed E-state index contributed by atoms with van der Waals surface area (Å²) in [6.45, 7) is 2.76. The van der Waals surface area contributed by atoms with Gasteiger partial charge in [-0.25, -0.2) is 0 Å². The molecule has 0 aliphatic carbocycles. The molecule has 0 heterocycles. The lowest BCUT2D eigenvalue weighted by Gasteiger charge is -2.14. The highest BCUT2D eigenvalue weighted by atomic mass is 79.9. The Kier molecular flexibility index (Phi) is 8.83. The van der Waals surface area contributed by atoms with Crippen molar-refractivity contribution in [2.45, 2.75) is 6.92 Å². The molecule has 0 fully saturated rings. The Morgan fingerprint density at radius 2 is 1.53 bits per heavy atom. The third-order valence-electron chi connectivity index (χ3n) is 5.00. The summed E-state index contributed by atoms with van der Waals surface area (Å²) in [7, 11) is 4.70. The van der Waals surface area contributed by atoms with Crippen LogP contribution >= 0.6 is 15.9 Å². The van der Waals surface area contributed by atoms with Gasteiger partial charge in [-0.15, -0.1) is 0 Å². The van der Waals surface area contributed by atoms with Gasteiger partial charge in [-0.05, 0) is 82.5 Å². The number of rotatable bonds is 10. The van der Waals surface area contributed by atoms with Gasteiger partial charge in [-0.2, -0.15) is 5.26 Å². The van der Waals surface area contributed by atoms with E-state index in [1.165, 1.54) is 5.56 Å². The second kappa shape index (κ2) is 12.0. The SMILES string of the molecule is COc1ccc(C(C#N)=Cc2cc(Br)c(OCCOc3ccc(C)cc3)c(OC)c2)cc1OC. The molecule has 3 aromatic rings. The number of hydrogen-bond donors (Lipinski definition) is 0. The number of hydrogen-bond acceptors (Lipinski definition) is 6. The van der Waals surface area contributed by atoms with Crippen LogP contribution in [0, 0.1) is 18.3 Å². The minimum absolute atomic E-state index is 0.340. The molecule has 0 saturated carbocycles. The number of halogens is 1. The van der Waals surface area contributed by atoms with Crippen LogP contribution in [0.15, 0.2) is 59.1 Å². The van der Waals surface area contributed by atoms with Gasteiger partial charge in [0, 0.05) is 0 Å². The third kappa shape index (κ3) is 6.24. The van der Waals surface area contributed by atoms with E-state index in [4.69, 9.17) is 23.7 Å². The molecule has 0 amide bonds. The van der Waals surface area contributed by atoms with E-state index in [0.29, 0.717) is 51.8 Å². The fraction of sp³-hybridized carbons (Fsp3) is 0.222. The van der Waals surface area contributed by atoms with Crippen molar-refractivity contribution >= 4 is 27.6 Å². The van der Waals surface area contributed by atoms with Crippen molar-refractivity contribution in [1.82, 2.24) is 0 Å². The largest absolute Gasteiger partial charge is 0.493 e. The summed E-state index contributed by atoms with van der Waals surface area (Å²) in [4.78, 5) is 0. The standard InChI is InChI=1S/C27H26BrNO5/c1-18-5-8-22(9-6-18)33-11-12-34-27-23(28)14-19(15-26(27)32-4)13-21(17-29)20-7-10-24(30-2)25(16-20)31-3/h5-10,13-16H,11-12H2,1-4H3. The predicted molar refractivity (Wildman–Crippen MR) is 136 cm³/mol. The van der Waals surface area contributed by atoms with Gasteiger partial charge in [0.1, 0.15) is 19.0 Å². The maximum absolute atomic E-state index is 9.76. The molecule has 34 heavy (non-hydrogen) atoms. The van der Waals surface area contributed by atoms with Gasteiger partial charge < -0.3 is 23.7 Å². The van der Waals surface area contributed by atoms with Gasteiger partial charge >= 0.3 is 0 Å². The molecule has 3 rings (SSSR count). The molecule has 3 aromatic carbocycles. The number of aryl methyl sites for hydroxylation is 1. The summed E-state index contributed by atoms with van der Waals surface area (Å²) in [6.07, 6.45) is 1.78. The quantitative estimate of drug-likeness (QED) is 0.176. The minimum Gasteiger partial charge on any atom is -0.493 e. The van der Waals surface area contributed by atoms with Crippen LogP contribution in [0.4, 0.5) is 0 Å². The van der Waals surface area contributed by atoms with Gasteiger partial charge in [0.2, 0.25) is 0 Å². The highest BCUT2D eigenvalue weighted by Crippen LogP contribution is 2.38. The van der Waals surface area contributed by atoms with Crippen molar-refractivity contribution in [3.63, 3.8) is 0 Å². The third-order valence-corrected chi connectivity index (χ3v) is 5.59. The first-order valence-electron chi connectivity index (χ1n) is 10.5. The van der Waals surface area contributed by atoms with Gasteiger partial charge in [0.15, 0.2) is 23.0 Å². The molecule has 176 valence electrons. The van der Waals surface area contributed by atoms with Gasteiger partial charge in [0.05, 0.1) is 37.4 Å². The topological polar surface area (TPSA) is 69.9 Å². The number of methoxy groups -OCH3 is 3. The van der Waals surface area contributed by atoms with E-state index in [0.717, 1.165) is 11.3 Å². The predicted octanol–water partition coefficient (Wildman–Crippen LogP) is 6.31. The molecule has 6 nitrogen and oxygen atoms in total. The Labute approximate surface area is 208 Å². The lowest BCUT2D eigenvalue weighted by molar-refractivity contribution is 0.210. The molecular formula is C27H26BrNO5. The van der Waals surface area contributed by atoms with E-state index < -0.39 is 0 Å². The first kappa shape index (κ1) is 25.0. The lowest BCUT2D eigenvalue weighted by atomic mass is 10.0. The minimum atomic E-state index is 0.340. The van der Waals surface area contributed by atoms with Crippen LogP contribution in [0.3, 0.4) is 0 Å². The van der Waals surface area contributed by atoms with Crippen molar-refractivity contribution in [1.29, 1.82) is 5.26 Å². The number of benzene rings is 3. The van der Waals surface area contributed by atoms with E-state index >= 15 is 0 Å². The molecule has 0 aliphatic rings. The molecule has 0 N–H and O–H groups in total. The zero-order valence-electron chi connectivity index (χ0n) is 19.6. The Hall–Kier alpha value is -3.63. The van der Waals surface area contributed by atoms with Crippen LogP contribution in [0.25, 0.3) is 11.6 Å². The van der Waals surface area contributed by atoms with Gasteiger partial charge in [-0.3, -0.25) is 0 Å². The summed E-state index contributed by atoms with van der Waals surface area (Å²) >= 11 is 3.56. The second-order valence-electron chi connectivity index (χ2n) is 7.28. The van der Waals surface area contributed by atoms with Gasteiger partial charge in [-0.1, -0.05) is 17.7 Å². The Morgan fingerprint density at radius 1 is 0.853 bits per heavy atom. The van der Waals surface area contributed by atoms with E-state index in [1.807, 2.05) is 49.4 Å². The molecule has 0 bridgehead atoms. The molecule has 0 unspecified atom stereocenters. The Bertz CT molecular complexity index is 1200. The highest BCUT2D eigenvalue weighted by Gasteiger charge is 2.13. The fourth-order valence-corrected chi connectivity index (χ4v) is 3.83. The average molecular weight is 524 g/mol. The van der Waals surface area contributed by atoms with Crippen molar-refractivity contribution in [3.8, 4) is 34.8 Å². The lowest BCUT2D eigenvalue weighted by Crippen LogP contribution is -2.10. The van der Waals surface area contributed by atoms with Crippen LogP contribution < -0.4 is 23.7 Å². The van der Waals surface area contributed by atoms with Crippen molar-refractivity contribution in [3.05, 3.63) is 75.8 Å².